The third-order valence-electron chi connectivity index (χ3n) is 8.87. The van der Waals surface area contributed by atoms with Crippen molar-refractivity contribution in [3.05, 3.63) is 138 Å². The standard InChI is InChI=1S/C37H30N4/c1-37(2)30-15-8-6-13-27(30)28-19-18-26(22-31(28)37)40-23-24(36-33(40)17-10-20-39-36)21-34-35(38)29-14-7-9-16-32(29)41(34)25-11-4-3-5-12-25/h3-22H,23,38H2,1-2H3/b24-21+. The number of rotatable bonds is 3. The van der Waals surface area contributed by atoms with Gasteiger partial charge in [-0.3, -0.25) is 4.98 Å². The van der Waals surface area contributed by atoms with Crippen molar-refractivity contribution in [1.29, 1.82) is 0 Å². The van der Waals surface area contributed by atoms with Crippen LogP contribution in [0.4, 0.5) is 17.1 Å². The Hall–Kier alpha value is -5.09. The number of hydrogen-bond donors (Lipinski definition) is 1. The third kappa shape index (κ3) is 3.44. The lowest BCUT2D eigenvalue weighted by Gasteiger charge is -2.24. The molecule has 198 valence electrons. The second-order valence-corrected chi connectivity index (χ2v) is 11.5. The minimum Gasteiger partial charge on any atom is -0.396 e. The first-order chi connectivity index (χ1) is 20.0. The molecule has 4 heteroatoms. The van der Waals surface area contributed by atoms with Crippen molar-refractivity contribution in [3.8, 4) is 16.8 Å². The van der Waals surface area contributed by atoms with E-state index in [1.54, 1.807) is 0 Å². The number of hydrogen-bond acceptors (Lipinski definition) is 3. The van der Waals surface area contributed by atoms with Crippen molar-refractivity contribution in [2.45, 2.75) is 19.3 Å². The molecule has 1 aliphatic carbocycles. The quantitative estimate of drug-likeness (QED) is 0.249. The van der Waals surface area contributed by atoms with Crippen molar-refractivity contribution >= 4 is 39.6 Å². The van der Waals surface area contributed by atoms with Crippen LogP contribution in [-0.4, -0.2) is 16.1 Å². The largest absolute Gasteiger partial charge is 0.396 e. The molecule has 4 nitrogen and oxygen atoms in total. The number of benzene rings is 4. The molecule has 0 unspecified atom stereocenters. The number of nitrogen functional groups attached to an aromatic ring is 1. The molecule has 0 spiro atoms. The molecule has 2 N–H and O–H groups in total. The molecule has 0 fully saturated rings. The van der Waals surface area contributed by atoms with Gasteiger partial charge in [0, 0.05) is 33.9 Å². The van der Waals surface area contributed by atoms with Gasteiger partial charge in [0.15, 0.2) is 0 Å². The van der Waals surface area contributed by atoms with Gasteiger partial charge in [-0.15, -0.1) is 0 Å². The van der Waals surface area contributed by atoms with E-state index >= 15 is 0 Å². The number of anilines is 3. The van der Waals surface area contributed by atoms with Crippen LogP contribution in [0.1, 0.15) is 36.4 Å². The van der Waals surface area contributed by atoms with Crippen LogP contribution in [0.15, 0.2) is 115 Å². The highest BCUT2D eigenvalue weighted by Crippen LogP contribution is 2.51. The first kappa shape index (κ1) is 23.8. The maximum atomic E-state index is 6.85. The lowest BCUT2D eigenvalue weighted by Crippen LogP contribution is -2.17. The van der Waals surface area contributed by atoms with Gasteiger partial charge >= 0.3 is 0 Å². The molecular weight excluding hydrogens is 500 g/mol. The monoisotopic (exact) mass is 530 g/mol. The Morgan fingerprint density at radius 2 is 1.51 bits per heavy atom. The molecule has 4 aromatic carbocycles. The van der Waals surface area contributed by atoms with Crippen LogP contribution in [0.25, 0.3) is 39.4 Å². The fourth-order valence-corrected chi connectivity index (χ4v) is 6.84. The molecule has 1 aliphatic heterocycles. The minimum atomic E-state index is -0.0524. The van der Waals surface area contributed by atoms with Crippen LogP contribution >= 0.6 is 0 Å². The molecular formula is C37H30N4. The summed E-state index contributed by atoms with van der Waals surface area (Å²) < 4.78 is 2.26. The Labute approximate surface area is 240 Å². The topological polar surface area (TPSA) is 47.1 Å². The highest BCUT2D eigenvalue weighted by molar-refractivity contribution is 6.03. The predicted octanol–water partition coefficient (Wildman–Crippen LogP) is 8.61. The lowest BCUT2D eigenvalue weighted by molar-refractivity contribution is 0.660. The Balaban J connectivity index is 1.27. The summed E-state index contributed by atoms with van der Waals surface area (Å²) in [7, 11) is 0. The van der Waals surface area contributed by atoms with Crippen molar-refractivity contribution in [3.63, 3.8) is 0 Å². The SMILES string of the molecule is CC1(C)c2ccccc2-c2ccc(N3C/C(=C\c4c(N)c5ccccc5n4-c4ccccc4)c4ncccc43)cc21. The summed E-state index contributed by atoms with van der Waals surface area (Å²) in [5.41, 5.74) is 20.6. The zero-order valence-corrected chi connectivity index (χ0v) is 23.2. The Morgan fingerprint density at radius 3 is 2.39 bits per heavy atom. The van der Waals surface area contributed by atoms with Crippen LogP contribution in [0, 0.1) is 0 Å². The van der Waals surface area contributed by atoms with E-state index in [2.05, 4.69) is 120 Å². The average Bonchev–Trinajstić information content (AvgIpc) is 3.60. The molecule has 0 atom stereocenters. The Bertz CT molecular complexity index is 2010. The third-order valence-corrected chi connectivity index (χ3v) is 8.87. The van der Waals surface area contributed by atoms with E-state index < -0.39 is 0 Å². The summed E-state index contributed by atoms with van der Waals surface area (Å²) in [6.07, 6.45) is 4.12. The Morgan fingerprint density at radius 1 is 0.756 bits per heavy atom. The Kier molecular flexibility index (Phi) is 5.05. The maximum absolute atomic E-state index is 6.85. The van der Waals surface area contributed by atoms with Crippen LogP contribution in [0.3, 0.4) is 0 Å². The van der Waals surface area contributed by atoms with Gasteiger partial charge in [0.2, 0.25) is 0 Å². The summed E-state index contributed by atoms with van der Waals surface area (Å²) in [5.74, 6) is 0. The summed E-state index contributed by atoms with van der Waals surface area (Å²) in [4.78, 5) is 7.26. The number of nitrogens with zero attached hydrogens (tertiary/aromatic N) is 3. The molecule has 0 saturated heterocycles. The lowest BCUT2D eigenvalue weighted by atomic mass is 9.82. The number of pyridine rings is 1. The van der Waals surface area contributed by atoms with Gasteiger partial charge in [0.05, 0.1) is 34.8 Å². The molecule has 0 saturated carbocycles. The minimum absolute atomic E-state index is 0.0524. The van der Waals surface area contributed by atoms with E-state index in [1.165, 1.54) is 27.9 Å². The van der Waals surface area contributed by atoms with E-state index in [4.69, 9.17) is 10.7 Å². The summed E-state index contributed by atoms with van der Waals surface area (Å²) in [6, 6.07) is 38.7. The fourth-order valence-electron chi connectivity index (χ4n) is 6.84. The first-order valence-electron chi connectivity index (χ1n) is 14.1. The zero-order chi connectivity index (χ0) is 27.7. The predicted molar refractivity (Wildman–Crippen MR) is 171 cm³/mol. The van der Waals surface area contributed by atoms with Gasteiger partial charge in [-0.25, -0.2) is 0 Å². The van der Waals surface area contributed by atoms with Crippen molar-refractivity contribution in [2.24, 2.45) is 0 Å². The molecule has 41 heavy (non-hydrogen) atoms. The second kappa shape index (κ2) is 8.70. The normalized spacial score (nSPS) is 15.8. The molecule has 0 amide bonds. The maximum Gasteiger partial charge on any atom is 0.0917 e. The average molecular weight is 531 g/mol. The van der Waals surface area contributed by atoms with Crippen LogP contribution < -0.4 is 10.6 Å². The zero-order valence-electron chi connectivity index (χ0n) is 23.2. The molecule has 8 rings (SSSR count). The van der Waals surface area contributed by atoms with Gasteiger partial charge in [-0.2, -0.15) is 0 Å². The van der Waals surface area contributed by atoms with E-state index in [9.17, 15) is 0 Å². The molecule has 2 aromatic heterocycles. The summed E-state index contributed by atoms with van der Waals surface area (Å²) in [5, 5.41) is 1.06. The van der Waals surface area contributed by atoms with E-state index in [-0.39, 0.29) is 5.41 Å². The van der Waals surface area contributed by atoms with Crippen molar-refractivity contribution in [1.82, 2.24) is 9.55 Å². The first-order valence-corrected chi connectivity index (χ1v) is 14.1. The van der Waals surface area contributed by atoms with Crippen molar-refractivity contribution < 1.29 is 0 Å². The molecule has 2 aliphatic rings. The van der Waals surface area contributed by atoms with E-state index in [1.807, 2.05) is 24.4 Å². The van der Waals surface area contributed by atoms with Crippen LogP contribution in [0.2, 0.25) is 0 Å². The summed E-state index contributed by atoms with van der Waals surface area (Å²) in [6.45, 7) is 5.38. The van der Waals surface area contributed by atoms with E-state index in [0.717, 1.165) is 44.9 Å². The van der Waals surface area contributed by atoms with Gasteiger partial charge in [0.1, 0.15) is 0 Å². The number of aromatic nitrogens is 2. The smallest absolute Gasteiger partial charge is 0.0917 e. The fraction of sp³-hybridized carbons (Fsp3) is 0.108. The summed E-state index contributed by atoms with van der Waals surface area (Å²) >= 11 is 0. The highest BCUT2D eigenvalue weighted by atomic mass is 15.2. The van der Waals surface area contributed by atoms with Gasteiger partial charge in [0.25, 0.3) is 0 Å². The molecule has 3 heterocycles. The number of fused-ring (bicyclic) bond motifs is 5. The molecule has 0 radical (unpaired) electrons. The van der Waals surface area contributed by atoms with Crippen LogP contribution in [0.5, 0.6) is 0 Å². The van der Waals surface area contributed by atoms with Gasteiger partial charge in [-0.05, 0) is 70.8 Å². The number of nitrogens with two attached hydrogens (primary N) is 1. The molecule has 6 aromatic rings. The second-order valence-electron chi connectivity index (χ2n) is 11.5. The number of para-hydroxylation sites is 2. The molecule has 0 bridgehead atoms. The van der Waals surface area contributed by atoms with E-state index in [0.29, 0.717) is 6.54 Å². The van der Waals surface area contributed by atoms with Crippen LogP contribution in [-0.2, 0) is 5.41 Å². The van der Waals surface area contributed by atoms with Gasteiger partial charge in [-0.1, -0.05) is 80.6 Å². The van der Waals surface area contributed by atoms with Gasteiger partial charge < -0.3 is 15.2 Å². The highest BCUT2D eigenvalue weighted by Gasteiger charge is 2.36. The van der Waals surface area contributed by atoms with Crippen molar-refractivity contribution in [2.75, 3.05) is 17.2 Å².